The molecule has 1 aliphatic rings. The van der Waals surface area contributed by atoms with Gasteiger partial charge in [-0.3, -0.25) is 0 Å². The van der Waals surface area contributed by atoms with Crippen molar-refractivity contribution in [2.24, 2.45) is 0 Å². The summed E-state index contributed by atoms with van der Waals surface area (Å²) in [6.45, 7) is 11.2. The van der Waals surface area contributed by atoms with Gasteiger partial charge in [0.15, 0.2) is 0 Å². The Bertz CT molecular complexity index is 200. The lowest BCUT2D eigenvalue weighted by atomic mass is 10.3. The molecule has 2 nitrogen and oxygen atoms in total. The van der Waals surface area contributed by atoms with Gasteiger partial charge in [0.2, 0.25) is 0 Å². The van der Waals surface area contributed by atoms with E-state index in [4.69, 9.17) is 0 Å². The zero-order valence-electron chi connectivity index (χ0n) is 7.19. The molecule has 0 N–H and O–H groups in total. The summed E-state index contributed by atoms with van der Waals surface area (Å²) in [7, 11) is 0. The predicted molar refractivity (Wildman–Crippen MR) is 51.8 cm³/mol. The molecule has 1 rings (SSSR count). The topological polar surface area (TPSA) is 6.48 Å². The molecule has 0 spiro atoms. The lowest BCUT2D eigenvalue weighted by Crippen LogP contribution is -2.31. The second kappa shape index (κ2) is 3.81. The zero-order chi connectivity index (χ0) is 8.97. The van der Waals surface area contributed by atoms with Gasteiger partial charge in [0.25, 0.3) is 0 Å². The number of rotatable bonds is 4. The molecule has 0 unspecified atom stereocenters. The molecule has 0 aromatic heterocycles. The van der Waals surface area contributed by atoms with Crippen molar-refractivity contribution < 1.29 is 0 Å². The van der Waals surface area contributed by atoms with Gasteiger partial charge in [-0.05, 0) is 12.4 Å². The van der Waals surface area contributed by atoms with Crippen molar-refractivity contribution in [3.8, 4) is 0 Å². The minimum Gasteiger partial charge on any atom is -0.332 e. The van der Waals surface area contributed by atoms with Crippen LogP contribution in [0.5, 0.6) is 0 Å². The molecule has 0 radical (unpaired) electrons. The van der Waals surface area contributed by atoms with Crippen molar-refractivity contribution in [1.82, 2.24) is 9.80 Å². The van der Waals surface area contributed by atoms with Crippen LogP contribution in [-0.4, -0.2) is 16.0 Å². The minimum atomic E-state index is 0.275. The van der Waals surface area contributed by atoms with Gasteiger partial charge in [0.1, 0.15) is 6.17 Å². The van der Waals surface area contributed by atoms with Crippen molar-refractivity contribution in [2.75, 3.05) is 0 Å². The molecule has 12 heavy (non-hydrogen) atoms. The SMILES string of the molecule is C=CCC1N(C=C)C=CN1C=C. The highest BCUT2D eigenvalue weighted by Crippen LogP contribution is 2.18. The minimum absolute atomic E-state index is 0.275. The molecule has 0 fully saturated rings. The summed E-state index contributed by atoms with van der Waals surface area (Å²) < 4.78 is 0. The third-order valence-electron chi connectivity index (χ3n) is 1.90. The Balaban J connectivity index is 2.69. The summed E-state index contributed by atoms with van der Waals surface area (Å²) in [5.74, 6) is 0. The fraction of sp³-hybridized carbons (Fsp3) is 0.200. The molecular formula is C10H14N2. The van der Waals surface area contributed by atoms with Crippen LogP contribution in [0.3, 0.4) is 0 Å². The molecule has 0 saturated carbocycles. The number of nitrogens with zero attached hydrogens (tertiary/aromatic N) is 2. The van der Waals surface area contributed by atoms with Crippen LogP contribution in [0.4, 0.5) is 0 Å². The third-order valence-corrected chi connectivity index (χ3v) is 1.90. The van der Waals surface area contributed by atoms with Crippen LogP contribution in [0.25, 0.3) is 0 Å². The molecule has 2 heteroatoms. The summed E-state index contributed by atoms with van der Waals surface area (Å²) in [4.78, 5) is 4.06. The van der Waals surface area contributed by atoms with Crippen LogP contribution < -0.4 is 0 Å². The summed E-state index contributed by atoms with van der Waals surface area (Å²) in [6.07, 6.45) is 10.6. The monoisotopic (exact) mass is 162 g/mol. The first-order valence-electron chi connectivity index (χ1n) is 3.92. The highest BCUT2D eigenvalue weighted by Gasteiger charge is 2.20. The second-order valence-electron chi connectivity index (χ2n) is 2.56. The molecule has 0 amide bonds. The third kappa shape index (κ3) is 1.42. The van der Waals surface area contributed by atoms with Gasteiger partial charge < -0.3 is 9.80 Å². The number of hydrogen-bond acceptors (Lipinski definition) is 2. The van der Waals surface area contributed by atoms with Crippen LogP contribution in [0.2, 0.25) is 0 Å². The quantitative estimate of drug-likeness (QED) is 0.585. The Morgan fingerprint density at radius 2 is 1.58 bits per heavy atom. The molecule has 64 valence electrons. The molecule has 0 aromatic rings. The fourth-order valence-corrected chi connectivity index (χ4v) is 1.26. The first-order valence-corrected chi connectivity index (χ1v) is 3.92. The Morgan fingerprint density at radius 1 is 1.08 bits per heavy atom. The normalized spacial score (nSPS) is 16.7. The van der Waals surface area contributed by atoms with E-state index in [-0.39, 0.29) is 6.17 Å². The summed E-state index contributed by atoms with van der Waals surface area (Å²) in [5, 5.41) is 0. The largest absolute Gasteiger partial charge is 0.332 e. The van der Waals surface area contributed by atoms with Crippen molar-refractivity contribution in [3.05, 3.63) is 50.6 Å². The molecule has 1 aliphatic heterocycles. The van der Waals surface area contributed by atoms with Gasteiger partial charge >= 0.3 is 0 Å². The molecule has 1 heterocycles. The van der Waals surface area contributed by atoms with E-state index in [1.54, 1.807) is 12.4 Å². The van der Waals surface area contributed by atoms with Gasteiger partial charge in [0, 0.05) is 18.8 Å². The Labute approximate surface area is 73.8 Å². The van der Waals surface area contributed by atoms with E-state index < -0.39 is 0 Å². The molecule has 0 aromatic carbocycles. The van der Waals surface area contributed by atoms with Gasteiger partial charge in [-0.2, -0.15) is 0 Å². The van der Waals surface area contributed by atoms with Crippen LogP contribution in [0.1, 0.15) is 6.42 Å². The molecule has 0 bridgehead atoms. The summed E-state index contributed by atoms with van der Waals surface area (Å²) >= 11 is 0. The van der Waals surface area contributed by atoms with E-state index in [0.29, 0.717) is 0 Å². The van der Waals surface area contributed by atoms with Crippen LogP contribution in [-0.2, 0) is 0 Å². The van der Waals surface area contributed by atoms with Gasteiger partial charge in [0.05, 0.1) is 0 Å². The summed E-state index contributed by atoms with van der Waals surface area (Å²) in [6, 6.07) is 0. The Morgan fingerprint density at radius 3 is 1.92 bits per heavy atom. The molecule has 0 atom stereocenters. The smallest absolute Gasteiger partial charge is 0.112 e. The average molecular weight is 162 g/mol. The van der Waals surface area contributed by atoms with Crippen LogP contribution >= 0.6 is 0 Å². The van der Waals surface area contributed by atoms with E-state index in [2.05, 4.69) is 19.7 Å². The van der Waals surface area contributed by atoms with E-state index in [0.717, 1.165) is 6.42 Å². The van der Waals surface area contributed by atoms with Gasteiger partial charge in [-0.15, -0.1) is 6.58 Å². The standard InChI is InChI=1S/C10H14N2/c1-4-7-10-11(5-2)8-9-12(10)6-3/h4-6,8-10H,1-3,7H2. The predicted octanol–water partition coefficient (Wildman–Crippen LogP) is 2.26. The highest BCUT2D eigenvalue weighted by atomic mass is 15.4. The average Bonchev–Trinajstić information content (AvgIpc) is 2.48. The van der Waals surface area contributed by atoms with E-state index >= 15 is 0 Å². The van der Waals surface area contributed by atoms with E-state index in [1.165, 1.54) is 0 Å². The maximum Gasteiger partial charge on any atom is 0.112 e. The molecular weight excluding hydrogens is 148 g/mol. The molecule has 0 saturated heterocycles. The van der Waals surface area contributed by atoms with E-state index in [9.17, 15) is 0 Å². The lowest BCUT2D eigenvalue weighted by molar-refractivity contribution is 0.249. The maximum atomic E-state index is 3.72. The fourth-order valence-electron chi connectivity index (χ4n) is 1.26. The molecule has 0 aliphatic carbocycles. The van der Waals surface area contributed by atoms with E-state index in [1.807, 2.05) is 28.3 Å². The first kappa shape index (κ1) is 8.65. The van der Waals surface area contributed by atoms with Crippen LogP contribution in [0.15, 0.2) is 50.6 Å². The van der Waals surface area contributed by atoms with Crippen molar-refractivity contribution in [2.45, 2.75) is 12.6 Å². The zero-order valence-corrected chi connectivity index (χ0v) is 7.19. The van der Waals surface area contributed by atoms with Crippen LogP contribution in [0, 0.1) is 0 Å². The highest BCUT2D eigenvalue weighted by molar-refractivity contribution is 5.05. The Hall–Kier alpha value is -1.44. The van der Waals surface area contributed by atoms with Crippen molar-refractivity contribution >= 4 is 0 Å². The second-order valence-corrected chi connectivity index (χ2v) is 2.56. The lowest BCUT2D eigenvalue weighted by Gasteiger charge is -2.26. The first-order chi connectivity index (χ1) is 5.83. The number of hydrogen-bond donors (Lipinski definition) is 0. The Kier molecular flexibility index (Phi) is 2.75. The van der Waals surface area contributed by atoms with Gasteiger partial charge in [-0.25, -0.2) is 0 Å². The van der Waals surface area contributed by atoms with Crippen molar-refractivity contribution in [3.63, 3.8) is 0 Å². The van der Waals surface area contributed by atoms with Crippen molar-refractivity contribution in [1.29, 1.82) is 0 Å². The maximum absolute atomic E-state index is 3.72. The van der Waals surface area contributed by atoms with Gasteiger partial charge in [-0.1, -0.05) is 19.2 Å². The summed E-state index contributed by atoms with van der Waals surface area (Å²) in [5.41, 5.74) is 0.